The molecule has 1 aromatic carbocycles. The minimum Gasteiger partial charge on any atom is -0.312 e. The average Bonchev–Trinajstić information content (AvgIpc) is 2.37. The highest BCUT2D eigenvalue weighted by Crippen LogP contribution is 2.18. The van der Waals surface area contributed by atoms with Crippen molar-refractivity contribution in [1.29, 1.82) is 0 Å². The Morgan fingerprint density at radius 1 is 1.21 bits per heavy atom. The molecule has 0 spiro atoms. The number of nitrogens with zero attached hydrogens (tertiary/aromatic N) is 1. The molecule has 0 aliphatic carbocycles. The van der Waals surface area contributed by atoms with Gasteiger partial charge in [0.05, 0.1) is 0 Å². The van der Waals surface area contributed by atoms with Gasteiger partial charge in [0.1, 0.15) is 0 Å². The Balaban J connectivity index is 2.01. The molecule has 2 heteroatoms. The molecule has 100 valence electrons. The molecule has 0 amide bonds. The maximum Gasteiger partial charge on any atom is 0.0352 e. The molecule has 0 fully saturated rings. The fourth-order valence-corrected chi connectivity index (χ4v) is 2.02. The maximum atomic E-state index is 4.20. The predicted octanol–water partition coefficient (Wildman–Crippen LogP) is 4.03. The number of benzene rings is 1. The van der Waals surface area contributed by atoms with Gasteiger partial charge >= 0.3 is 0 Å². The summed E-state index contributed by atoms with van der Waals surface area (Å²) in [5, 5.41) is 5.94. The first-order valence-electron chi connectivity index (χ1n) is 6.80. The van der Waals surface area contributed by atoms with Crippen molar-refractivity contribution in [2.45, 2.75) is 32.7 Å². The fraction of sp³-hybridized carbons (Fsp3) is 0.353. The molecular weight excluding hydrogens is 232 g/mol. The molecule has 0 unspecified atom stereocenters. The van der Waals surface area contributed by atoms with E-state index in [1.807, 2.05) is 18.5 Å². The summed E-state index contributed by atoms with van der Waals surface area (Å²) in [6, 6.07) is 8.40. The van der Waals surface area contributed by atoms with E-state index in [0.29, 0.717) is 0 Å². The predicted molar refractivity (Wildman–Crippen MR) is 83.1 cm³/mol. The van der Waals surface area contributed by atoms with Crippen molar-refractivity contribution in [2.75, 3.05) is 6.54 Å². The van der Waals surface area contributed by atoms with Gasteiger partial charge < -0.3 is 5.32 Å². The molecule has 1 N–H and O–H groups in total. The van der Waals surface area contributed by atoms with E-state index in [1.54, 1.807) is 0 Å². The van der Waals surface area contributed by atoms with Crippen molar-refractivity contribution < 1.29 is 0 Å². The third-order valence-electron chi connectivity index (χ3n) is 2.98. The second-order valence-electron chi connectivity index (χ2n) is 5.81. The molecule has 0 bridgehead atoms. The van der Waals surface area contributed by atoms with E-state index < -0.39 is 0 Å². The number of hydrogen-bond acceptors (Lipinski definition) is 2. The quantitative estimate of drug-likeness (QED) is 0.833. The van der Waals surface area contributed by atoms with Gasteiger partial charge in [-0.25, -0.2) is 0 Å². The zero-order chi connectivity index (χ0) is 13.7. The van der Waals surface area contributed by atoms with Crippen LogP contribution in [-0.2, 0) is 0 Å². The van der Waals surface area contributed by atoms with Crippen molar-refractivity contribution in [3.8, 4) is 0 Å². The molecule has 0 saturated carbocycles. The molecule has 2 nitrogen and oxygen atoms in total. The lowest BCUT2D eigenvalue weighted by molar-refractivity contribution is 0.431. The minimum atomic E-state index is 0.192. The highest BCUT2D eigenvalue weighted by atomic mass is 14.9. The van der Waals surface area contributed by atoms with Crippen LogP contribution in [0.5, 0.6) is 0 Å². The van der Waals surface area contributed by atoms with Gasteiger partial charge in [-0.15, -0.1) is 0 Å². The Morgan fingerprint density at radius 2 is 2.05 bits per heavy atom. The van der Waals surface area contributed by atoms with Gasteiger partial charge in [0, 0.05) is 23.3 Å². The van der Waals surface area contributed by atoms with Crippen LogP contribution in [0.15, 0.2) is 42.7 Å². The summed E-state index contributed by atoms with van der Waals surface area (Å²) in [6.45, 7) is 7.57. The normalized spacial score (nSPS) is 12.4. The number of rotatable bonds is 4. The molecule has 0 aliphatic heterocycles. The summed E-state index contributed by atoms with van der Waals surface area (Å²) < 4.78 is 0. The number of fused-ring (bicyclic) bond motifs is 1. The Bertz CT molecular complexity index is 559. The molecule has 0 atom stereocenters. The van der Waals surface area contributed by atoms with E-state index in [4.69, 9.17) is 0 Å². The van der Waals surface area contributed by atoms with Crippen LogP contribution in [0.4, 0.5) is 0 Å². The second kappa shape index (κ2) is 5.98. The van der Waals surface area contributed by atoms with E-state index in [-0.39, 0.29) is 5.54 Å². The first kappa shape index (κ1) is 13.8. The summed E-state index contributed by atoms with van der Waals surface area (Å²) in [7, 11) is 0. The lowest BCUT2D eigenvalue weighted by Gasteiger charge is -2.19. The highest BCUT2D eigenvalue weighted by molar-refractivity contribution is 5.89. The summed E-state index contributed by atoms with van der Waals surface area (Å²) in [4.78, 5) is 4.20. The molecule has 0 saturated heterocycles. The lowest BCUT2D eigenvalue weighted by atomic mass is 10.1. The first-order valence-corrected chi connectivity index (χ1v) is 6.80. The lowest BCUT2D eigenvalue weighted by Crippen LogP contribution is -2.36. The molecule has 1 aromatic heterocycles. The first-order chi connectivity index (χ1) is 9.06. The Hall–Kier alpha value is -1.67. The van der Waals surface area contributed by atoms with Crippen molar-refractivity contribution in [3.63, 3.8) is 0 Å². The smallest absolute Gasteiger partial charge is 0.0352 e. The van der Waals surface area contributed by atoms with Crippen molar-refractivity contribution in [3.05, 3.63) is 48.3 Å². The van der Waals surface area contributed by atoms with Crippen LogP contribution in [0.3, 0.4) is 0 Å². The number of pyridine rings is 1. The summed E-state index contributed by atoms with van der Waals surface area (Å²) in [6.07, 6.45) is 9.22. The van der Waals surface area contributed by atoms with Gasteiger partial charge in [0.25, 0.3) is 0 Å². The Kier molecular flexibility index (Phi) is 4.33. The van der Waals surface area contributed by atoms with E-state index in [2.05, 4.69) is 61.4 Å². The molecule has 0 radical (unpaired) electrons. The van der Waals surface area contributed by atoms with Crippen molar-refractivity contribution in [2.24, 2.45) is 0 Å². The zero-order valence-corrected chi connectivity index (χ0v) is 12.0. The van der Waals surface area contributed by atoms with E-state index in [9.17, 15) is 0 Å². The van der Waals surface area contributed by atoms with E-state index >= 15 is 0 Å². The van der Waals surface area contributed by atoms with Crippen LogP contribution in [0.2, 0.25) is 0 Å². The summed E-state index contributed by atoms with van der Waals surface area (Å²) in [5.74, 6) is 0. The minimum absolute atomic E-state index is 0.192. The fourth-order valence-electron chi connectivity index (χ4n) is 2.02. The zero-order valence-electron chi connectivity index (χ0n) is 12.0. The number of nitrogens with one attached hydrogen (secondary N) is 1. The third kappa shape index (κ3) is 4.18. The maximum absolute atomic E-state index is 4.20. The SMILES string of the molecule is CC(C)(C)NCC/C=C/c1cccc2ccncc12. The largest absolute Gasteiger partial charge is 0.312 e. The van der Waals surface area contributed by atoms with Crippen LogP contribution >= 0.6 is 0 Å². The van der Waals surface area contributed by atoms with Crippen LogP contribution in [0.25, 0.3) is 16.8 Å². The molecule has 1 heterocycles. The average molecular weight is 254 g/mol. The van der Waals surface area contributed by atoms with Crippen LogP contribution in [0, 0.1) is 0 Å². The standard InChI is InChI=1S/C17H22N2/c1-17(2,3)19-11-5-4-7-14-8-6-9-15-10-12-18-13-16(14)15/h4,6-10,12-13,19H,5,11H2,1-3H3/b7-4+. The van der Waals surface area contributed by atoms with Gasteiger partial charge in [-0.2, -0.15) is 0 Å². The van der Waals surface area contributed by atoms with E-state index in [0.717, 1.165) is 13.0 Å². The number of hydrogen-bond donors (Lipinski definition) is 1. The summed E-state index contributed by atoms with van der Waals surface area (Å²) >= 11 is 0. The van der Waals surface area contributed by atoms with Crippen LogP contribution < -0.4 is 5.32 Å². The van der Waals surface area contributed by atoms with Crippen molar-refractivity contribution in [1.82, 2.24) is 10.3 Å². The molecule has 19 heavy (non-hydrogen) atoms. The monoisotopic (exact) mass is 254 g/mol. The topological polar surface area (TPSA) is 24.9 Å². The van der Waals surface area contributed by atoms with E-state index in [1.165, 1.54) is 16.3 Å². The number of aromatic nitrogens is 1. The summed E-state index contributed by atoms with van der Waals surface area (Å²) in [5.41, 5.74) is 1.43. The molecule has 2 rings (SSSR count). The third-order valence-corrected chi connectivity index (χ3v) is 2.98. The molecule has 2 aromatic rings. The van der Waals surface area contributed by atoms with Gasteiger partial charge in [0.2, 0.25) is 0 Å². The molecular formula is C17H22N2. The van der Waals surface area contributed by atoms with Crippen molar-refractivity contribution >= 4 is 16.8 Å². The van der Waals surface area contributed by atoms with Gasteiger partial charge in [-0.1, -0.05) is 30.4 Å². The van der Waals surface area contributed by atoms with Crippen LogP contribution in [-0.4, -0.2) is 17.1 Å². The van der Waals surface area contributed by atoms with Gasteiger partial charge in [-0.05, 0) is 50.8 Å². The van der Waals surface area contributed by atoms with Gasteiger partial charge in [-0.3, -0.25) is 4.98 Å². The molecule has 0 aliphatic rings. The highest BCUT2D eigenvalue weighted by Gasteiger charge is 2.06. The van der Waals surface area contributed by atoms with Gasteiger partial charge in [0.15, 0.2) is 0 Å². The Labute approximate surface area is 115 Å². The second-order valence-corrected chi connectivity index (χ2v) is 5.81. The Morgan fingerprint density at radius 3 is 2.84 bits per heavy atom. The van der Waals surface area contributed by atoms with Crippen LogP contribution in [0.1, 0.15) is 32.8 Å².